The van der Waals surface area contributed by atoms with Gasteiger partial charge in [-0.1, -0.05) is 43.0 Å². The molecule has 1 aromatic rings. The van der Waals surface area contributed by atoms with Crippen molar-refractivity contribution >= 4 is 23.5 Å². The molecule has 166 valence electrons. The molecule has 1 saturated heterocycles. The van der Waals surface area contributed by atoms with Gasteiger partial charge in [0.2, 0.25) is 5.91 Å². The van der Waals surface area contributed by atoms with Gasteiger partial charge in [0.15, 0.2) is 5.92 Å². The van der Waals surface area contributed by atoms with Gasteiger partial charge >= 0.3 is 5.97 Å². The van der Waals surface area contributed by atoms with E-state index in [2.05, 4.69) is 5.32 Å². The molecule has 1 aromatic carbocycles. The average Bonchev–Trinajstić information content (AvgIpc) is 2.64. The Hall–Kier alpha value is -1.63. The van der Waals surface area contributed by atoms with Crippen molar-refractivity contribution in [3.8, 4) is 0 Å². The van der Waals surface area contributed by atoms with Gasteiger partial charge in [0, 0.05) is 30.2 Å². The van der Waals surface area contributed by atoms with Crippen LogP contribution in [0.2, 0.25) is 5.02 Å². The van der Waals surface area contributed by atoms with Gasteiger partial charge in [-0.3, -0.25) is 9.59 Å². The number of esters is 1. The number of benzene rings is 1. The summed E-state index contributed by atoms with van der Waals surface area (Å²) in [5.74, 6) is -1.94. The van der Waals surface area contributed by atoms with Gasteiger partial charge in [0.05, 0.1) is 6.04 Å². The lowest BCUT2D eigenvalue weighted by atomic mass is 9.90. The zero-order valence-electron chi connectivity index (χ0n) is 18.2. The number of nitrogens with zero attached hydrogens (tertiary/aromatic N) is 1. The van der Waals surface area contributed by atoms with E-state index in [1.165, 1.54) is 32.1 Å². The maximum atomic E-state index is 13.3. The van der Waals surface area contributed by atoms with Crippen molar-refractivity contribution < 1.29 is 14.3 Å². The van der Waals surface area contributed by atoms with Crippen molar-refractivity contribution in [2.24, 2.45) is 11.7 Å². The first-order chi connectivity index (χ1) is 14.1. The first-order valence-corrected chi connectivity index (χ1v) is 11.3. The Bertz CT molecular complexity index is 735. The van der Waals surface area contributed by atoms with E-state index < -0.39 is 23.5 Å². The molecule has 0 aromatic heterocycles. The molecule has 0 radical (unpaired) electrons. The van der Waals surface area contributed by atoms with Crippen molar-refractivity contribution in [3.63, 3.8) is 0 Å². The Balaban J connectivity index is 1.67. The highest BCUT2D eigenvalue weighted by molar-refractivity contribution is 6.30. The zero-order valence-corrected chi connectivity index (χ0v) is 19.0. The number of nitrogens with two attached hydrogens (primary N) is 1. The summed E-state index contributed by atoms with van der Waals surface area (Å²) >= 11 is 5.97. The smallest absolute Gasteiger partial charge is 0.320 e. The van der Waals surface area contributed by atoms with Gasteiger partial charge in [0.25, 0.3) is 0 Å². The van der Waals surface area contributed by atoms with Crippen LogP contribution in [0.3, 0.4) is 0 Å². The lowest BCUT2D eigenvalue weighted by molar-refractivity contribution is -0.167. The van der Waals surface area contributed by atoms with Crippen LogP contribution in [-0.4, -0.2) is 47.6 Å². The molecular weight excluding hydrogens is 402 g/mol. The van der Waals surface area contributed by atoms with Gasteiger partial charge in [-0.15, -0.1) is 0 Å². The number of carbonyl (C=O) groups is 2. The predicted molar refractivity (Wildman–Crippen MR) is 118 cm³/mol. The summed E-state index contributed by atoms with van der Waals surface area (Å²) in [6.07, 6.45) is 6.25. The Labute approximate surface area is 184 Å². The first kappa shape index (κ1) is 23.0. The summed E-state index contributed by atoms with van der Waals surface area (Å²) in [6.45, 7) is 6.56. The number of rotatable bonds is 6. The average molecular weight is 436 g/mol. The number of nitrogens with one attached hydrogen (secondary N) is 1. The van der Waals surface area contributed by atoms with E-state index in [9.17, 15) is 9.59 Å². The van der Waals surface area contributed by atoms with E-state index in [1.54, 1.807) is 49.9 Å². The van der Waals surface area contributed by atoms with E-state index in [-0.39, 0.29) is 11.9 Å². The highest BCUT2D eigenvalue weighted by atomic mass is 35.5. The summed E-state index contributed by atoms with van der Waals surface area (Å²) in [5.41, 5.74) is 6.39. The number of likely N-dealkylation sites (tertiary alicyclic amines) is 1. The molecule has 0 bridgehead atoms. The number of halogens is 1. The minimum Gasteiger partial charge on any atom is -0.459 e. The Morgan fingerprint density at radius 1 is 1.10 bits per heavy atom. The molecule has 2 fully saturated rings. The van der Waals surface area contributed by atoms with Crippen LogP contribution in [0.5, 0.6) is 0 Å². The maximum absolute atomic E-state index is 13.3. The van der Waals surface area contributed by atoms with Crippen molar-refractivity contribution in [2.45, 2.75) is 76.6 Å². The standard InChI is InChI=1S/C23H34ClN3O3/c1-23(2,3)30-22(29)19(20(25)15-9-11-16(24)12-10-15)21(28)27-13-18(14-27)26-17-7-5-4-6-8-17/h9-12,17-20,26H,4-8,13-14,25H2,1-3H3. The zero-order chi connectivity index (χ0) is 21.9. The number of hydrogen-bond acceptors (Lipinski definition) is 5. The summed E-state index contributed by atoms with van der Waals surface area (Å²) in [4.78, 5) is 27.9. The van der Waals surface area contributed by atoms with E-state index in [0.29, 0.717) is 29.7 Å². The fourth-order valence-corrected chi connectivity index (χ4v) is 4.33. The second-order valence-corrected chi connectivity index (χ2v) is 9.97. The van der Waals surface area contributed by atoms with Gasteiger partial charge < -0.3 is 20.7 Å². The Morgan fingerprint density at radius 2 is 1.70 bits per heavy atom. The molecule has 6 nitrogen and oxygen atoms in total. The van der Waals surface area contributed by atoms with Crippen LogP contribution in [0.1, 0.15) is 64.5 Å². The first-order valence-electron chi connectivity index (χ1n) is 10.9. The second-order valence-electron chi connectivity index (χ2n) is 9.53. The lowest BCUT2D eigenvalue weighted by Crippen LogP contribution is -2.64. The molecule has 2 unspecified atom stereocenters. The van der Waals surface area contributed by atoms with E-state index in [4.69, 9.17) is 22.1 Å². The van der Waals surface area contributed by atoms with Crippen molar-refractivity contribution in [1.82, 2.24) is 10.2 Å². The maximum Gasteiger partial charge on any atom is 0.320 e. The van der Waals surface area contributed by atoms with Crippen LogP contribution >= 0.6 is 11.6 Å². The number of hydrogen-bond donors (Lipinski definition) is 2. The fourth-order valence-electron chi connectivity index (χ4n) is 4.21. The van der Waals surface area contributed by atoms with Crippen LogP contribution in [0.25, 0.3) is 0 Å². The van der Waals surface area contributed by atoms with Crippen molar-refractivity contribution in [2.75, 3.05) is 13.1 Å². The second kappa shape index (κ2) is 9.67. The molecule has 2 atom stereocenters. The molecule has 7 heteroatoms. The van der Waals surface area contributed by atoms with Crippen LogP contribution in [-0.2, 0) is 14.3 Å². The van der Waals surface area contributed by atoms with Crippen LogP contribution in [0.4, 0.5) is 0 Å². The minimum absolute atomic E-state index is 0.270. The van der Waals surface area contributed by atoms with Crippen LogP contribution in [0.15, 0.2) is 24.3 Å². The van der Waals surface area contributed by atoms with Crippen molar-refractivity contribution in [3.05, 3.63) is 34.9 Å². The molecule has 1 saturated carbocycles. The predicted octanol–water partition coefficient (Wildman–Crippen LogP) is 3.43. The van der Waals surface area contributed by atoms with E-state index >= 15 is 0 Å². The Morgan fingerprint density at radius 3 is 2.27 bits per heavy atom. The highest BCUT2D eigenvalue weighted by Crippen LogP contribution is 2.28. The quantitative estimate of drug-likeness (QED) is 0.528. The molecular formula is C23H34ClN3O3. The Kier molecular flexibility index (Phi) is 7.43. The number of amides is 1. The highest BCUT2D eigenvalue weighted by Gasteiger charge is 2.43. The monoisotopic (exact) mass is 435 g/mol. The van der Waals surface area contributed by atoms with Crippen LogP contribution < -0.4 is 11.1 Å². The lowest BCUT2D eigenvalue weighted by Gasteiger charge is -2.44. The normalized spacial score (nSPS) is 20.4. The molecule has 1 amide bonds. The third kappa shape index (κ3) is 5.96. The summed E-state index contributed by atoms with van der Waals surface area (Å²) in [7, 11) is 0. The van der Waals surface area contributed by atoms with E-state index in [1.807, 2.05) is 0 Å². The third-order valence-electron chi connectivity index (χ3n) is 5.81. The van der Waals surface area contributed by atoms with Crippen LogP contribution in [0, 0.1) is 5.92 Å². The molecule has 3 rings (SSSR count). The molecule has 2 aliphatic rings. The van der Waals surface area contributed by atoms with Gasteiger partial charge in [0.1, 0.15) is 5.60 Å². The topological polar surface area (TPSA) is 84.7 Å². The summed E-state index contributed by atoms with van der Waals surface area (Å²) in [6, 6.07) is 6.95. The molecule has 1 aliphatic carbocycles. The van der Waals surface area contributed by atoms with Gasteiger partial charge in [-0.05, 0) is 51.3 Å². The third-order valence-corrected chi connectivity index (χ3v) is 6.06. The van der Waals surface area contributed by atoms with Gasteiger partial charge in [-0.2, -0.15) is 0 Å². The SMILES string of the molecule is CC(C)(C)OC(=O)C(C(=O)N1CC(NC2CCCCC2)C1)C(N)c1ccc(Cl)cc1. The van der Waals surface area contributed by atoms with Crippen molar-refractivity contribution in [1.29, 1.82) is 0 Å². The molecule has 1 aliphatic heterocycles. The molecule has 0 spiro atoms. The molecule has 3 N–H and O–H groups in total. The summed E-state index contributed by atoms with van der Waals surface area (Å²) in [5, 5.41) is 4.23. The van der Waals surface area contributed by atoms with E-state index in [0.717, 1.165) is 0 Å². The fraction of sp³-hybridized carbons (Fsp3) is 0.652. The molecule has 30 heavy (non-hydrogen) atoms. The largest absolute Gasteiger partial charge is 0.459 e. The molecule has 1 heterocycles. The number of ether oxygens (including phenoxy) is 1. The minimum atomic E-state index is -1.08. The summed E-state index contributed by atoms with van der Waals surface area (Å²) < 4.78 is 5.55. The van der Waals surface area contributed by atoms with Gasteiger partial charge in [-0.25, -0.2) is 0 Å². The number of carbonyl (C=O) groups excluding carboxylic acids is 2.